The van der Waals surface area contributed by atoms with Crippen molar-refractivity contribution in [2.75, 3.05) is 13.1 Å². The van der Waals surface area contributed by atoms with E-state index in [0.29, 0.717) is 5.56 Å². The normalized spacial score (nSPS) is 13.6. The van der Waals surface area contributed by atoms with Crippen LogP contribution in [0.5, 0.6) is 0 Å². The fraction of sp³-hybridized carbons (Fsp3) is 0.500. The minimum Gasteiger partial charge on any atom is -0.481 e. The van der Waals surface area contributed by atoms with Gasteiger partial charge in [0.1, 0.15) is 0 Å². The Bertz CT molecular complexity index is 525. The maximum Gasteiger partial charge on any atom is 0.308 e. The number of aliphatic hydroxyl groups is 1. The van der Waals surface area contributed by atoms with Crippen LogP contribution in [0.4, 0.5) is 0 Å². The van der Waals surface area contributed by atoms with Gasteiger partial charge in [0.25, 0.3) is 5.91 Å². The molecule has 1 rings (SSSR count). The SMILES string of the molecule is Cc1ccc(C(=O)N(CC(C)O)CC(C)C(=O)O)cc1C. The highest BCUT2D eigenvalue weighted by Gasteiger charge is 2.23. The van der Waals surface area contributed by atoms with Crippen LogP contribution in [0.3, 0.4) is 0 Å². The van der Waals surface area contributed by atoms with Gasteiger partial charge in [-0.05, 0) is 44.0 Å². The number of aryl methyl sites for hydroxylation is 2. The first-order valence-corrected chi connectivity index (χ1v) is 6.99. The standard InChI is InChI=1S/C16H23NO4/c1-10-5-6-14(7-11(10)2)15(19)17(9-13(4)18)8-12(3)16(20)21/h5-7,12-13,18H,8-9H2,1-4H3,(H,20,21). The van der Waals surface area contributed by atoms with Crippen molar-refractivity contribution in [1.29, 1.82) is 0 Å². The number of nitrogens with zero attached hydrogens (tertiary/aromatic N) is 1. The van der Waals surface area contributed by atoms with E-state index in [1.807, 2.05) is 19.9 Å². The van der Waals surface area contributed by atoms with Crippen LogP contribution in [0.25, 0.3) is 0 Å². The molecule has 0 fully saturated rings. The smallest absolute Gasteiger partial charge is 0.308 e. The zero-order chi connectivity index (χ0) is 16.2. The summed E-state index contributed by atoms with van der Waals surface area (Å²) in [5.41, 5.74) is 2.60. The molecule has 21 heavy (non-hydrogen) atoms. The average molecular weight is 293 g/mol. The summed E-state index contributed by atoms with van der Waals surface area (Å²) < 4.78 is 0. The first kappa shape index (κ1) is 17.2. The lowest BCUT2D eigenvalue weighted by Gasteiger charge is -2.26. The summed E-state index contributed by atoms with van der Waals surface area (Å²) in [4.78, 5) is 24.9. The number of carbonyl (C=O) groups excluding carboxylic acids is 1. The first-order chi connectivity index (χ1) is 9.72. The molecule has 2 atom stereocenters. The van der Waals surface area contributed by atoms with Gasteiger partial charge < -0.3 is 15.1 Å². The Morgan fingerprint density at radius 3 is 2.24 bits per heavy atom. The lowest BCUT2D eigenvalue weighted by molar-refractivity contribution is -0.141. The van der Waals surface area contributed by atoms with E-state index in [4.69, 9.17) is 5.11 Å². The number of amides is 1. The summed E-state index contributed by atoms with van der Waals surface area (Å²) in [5.74, 6) is -1.90. The minimum absolute atomic E-state index is 0.0754. The van der Waals surface area contributed by atoms with Gasteiger partial charge in [0, 0.05) is 18.7 Å². The highest BCUT2D eigenvalue weighted by atomic mass is 16.4. The van der Waals surface area contributed by atoms with Crippen LogP contribution in [0.15, 0.2) is 18.2 Å². The molecule has 1 amide bonds. The summed E-state index contributed by atoms with van der Waals surface area (Å²) in [6, 6.07) is 5.38. The molecule has 0 aliphatic rings. The maximum atomic E-state index is 12.5. The topological polar surface area (TPSA) is 77.8 Å². The number of hydrogen-bond acceptors (Lipinski definition) is 3. The largest absolute Gasteiger partial charge is 0.481 e. The second-order valence-corrected chi connectivity index (χ2v) is 5.60. The van der Waals surface area contributed by atoms with Crippen molar-refractivity contribution in [3.8, 4) is 0 Å². The van der Waals surface area contributed by atoms with Gasteiger partial charge in [-0.15, -0.1) is 0 Å². The van der Waals surface area contributed by atoms with Crippen LogP contribution in [-0.4, -0.2) is 46.2 Å². The van der Waals surface area contributed by atoms with Crippen molar-refractivity contribution < 1.29 is 19.8 Å². The van der Waals surface area contributed by atoms with Crippen LogP contribution in [-0.2, 0) is 4.79 Å². The minimum atomic E-state index is -0.960. The number of aliphatic carboxylic acids is 1. The summed E-state index contributed by atoms with van der Waals surface area (Å²) in [7, 11) is 0. The molecule has 0 heterocycles. The van der Waals surface area contributed by atoms with Gasteiger partial charge in [-0.1, -0.05) is 13.0 Å². The van der Waals surface area contributed by atoms with E-state index in [2.05, 4.69) is 0 Å². The Morgan fingerprint density at radius 2 is 1.76 bits per heavy atom. The molecule has 0 radical (unpaired) electrons. The maximum absolute atomic E-state index is 12.5. The monoisotopic (exact) mass is 293 g/mol. The molecule has 0 bridgehead atoms. The van der Waals surface area contributed by atoms with Gasteiger partial charge in [-0.3, -0.25) is 9.59 Å². The molecule has 0 aliphatic heterocycles. The van der Waals surface area contributed by atoms with Crippen LogP contribution < -0.4 is 0 Å². The third kappa shape index (κ3) is 4.86. The van der Waals surface area contributed by atoms with Crippen molar-refractivity contribution in [1.82, 2.24) is 4.90 Å². The molecule has 0 aromatic heterocycles. The predicted octanol–water partition coefficient (Wildman–Crippen LogP) is 1.85. The van der Waals surface area contributed by atoms with Crippen molar-refractivity contribution in [3.63, 3.8) is 0 Å². The van der Waals surface area contributed by atoms with E-state index < -0.39 is 18.0 Å². The number of aliphatic hydroxyl groups excluding tert-OH is 1. The summed E-state index contributed by atoms with van der Waals surface area (Å²) in [5, 5.41) is 18.5. The zero-order valence-electron chi connectivity index (χ0n) is 13.0. The van der Waals surface area contributed by atoms with E-state index in [0.717, 1.165) is 11.1 Å². The van der Waals surface area contributed by atoms with Crippen molar-refractivity contribution >= 4 is 11.9 Å². The summed E-state index contributed by atoms with van der Waals surface area (Å²) in [6.45, 7) is 7.20. The number of carbonyl (C=O) groups is 2. The quantitative estimate of drug-likeness (QED) is 0.839. The molecule has 5 heteroatoms. The van der Waals surface area contributed by atoms with E-state index in [1.54, 1.807) is 26.0 Å². The fourth-order valence-electron chi connectivity index (χ4n) is 2.03. The highest BCUT2D eigenvalue weighted by molar-refractivity contribution is 5.94. The Kier molecular flexibility index (Phi) is 5.90. The molecular weight excluding hydrogens is 270 g/mol. The Labute approximate surface area is 125 Å². The lowest BCUT2D eigenvalue weighted by Crippen LogP contribution is -2.41. The van der Waals surface area contributed by atoms with Crippen molar-refractivity contribution in [2.24, 2.45) is 5.92 Å². The summed E-state index contributed by atoms with van der Waals surface area (Å²) >= 11 is 0. The predicted molar refractivity (Wildman–Crippen MR) is 80.3 cm³/mol. The third-order valence-corrected chi connectivity index (χ3v) is 3.44. The summed E-state index contributed by atoms with van der Waals surface area (Å²) in [6.07, 6.45) is -0.707. The second-order valence-electron chi connectivity index (χ2n) is 5.60. The van der Waals surface area contributed by atoms with E-state index in [1.165, 1.54) is 4.90 Å². The van der Waals surface area contributed by atoms with Crippen molar-refractivity contribution in [2.45, 2.75) is 33.8 Å². The second kappa shape index (κ2) is 7.22. The molecule has 2 N–H and O–H groups in total. The highest BCUT2D eigenvalue weighted by Crippen LogP contribution is 2.14. The molecule has 1 aromatic carbocycles. The van der Waals surface area contributed by atoms with Gasteiger partial charge in [-0.2, -0.15) is 0 Å². The molecule has 0 spiro atoms. The molecule has 1 aromatic rings. The molecule has 116 valence electrons. The molecule has 2 unspecified atom stereocenters. The number of hydrogen-bond donors (Lipinski definition) is 2. The molecule has 5 nitrogen and oxygen atoms in total. The fourth-order valence-corrected chi connectivity index (χ4v) is 2.03. The zero-order valence-corrected chi connectivity index (χ0v) is 13.0. The molecule has 0 aliphatic carbocycles. The Hall–Kier alpha value is -1.88. The lowest BCUT2D eigenvalue weighted by atomic mass is 10.0. The molecular formula is C16H23NO4. The van der Waals surface area contributed by atoms with Crippen LogP contribution in [0.2, 0.25) is 0 Å². The van der Waals surface area contributed by atoms with Gasteiger partial charge in [-0.25, -0.2) is 0 Å². The average Bonchev–Trinajstić information content (AvgIpc) is 2.39. The molecule has 0 saturated heterocycles. The van der Waals surface area contributed by atoms with Crippen LogP contribution in [0, 0.1) is 19.8 Å². The number of carboxylic acid groups (broad SMARTS) is 1. The van der Waals surface area contributed by atoms with E-state index in [-0.39, 0.29) is 19.0 Å². The van der Waals surface area contributed by atoms with Crippen LogP contribution in [0.1, 0.15) is 35.3 Å². The number of carboxylic acids is 1. The van der Waals surface area contributed by atoms with Crippen LogP contribution >= 0.6 is 0 Å². The molecule has 0 saturated carbocycles. The number of rotatable bonds is 6. The van der Waals surface area contributed by atoms with Gasteiger partial charge in [0.2, 0.25) is 0 Å². The Morgan fingerprint density at radius 1 is 1.14 bits per heavy atom. The first-order valence-electron chi connectivity index (χ1n) is 6.99. The van der Waals surface area contributed by atoms with E-state index in [9.17, 15) is 14.7 Å². The van der Waals surface area contributed by atoms with Gasteiger partial charge in [0.05, 0.1) is 12.0 Å². The van der Waals surface area contributed by atoms with E-state index >= 15 is 0 Å². The van der Waals surface area contributed by atoms with Crippen molar-refractivity contribution in [3.05, 3.63) is 34.9 Å². The Balaban J connectivity index is 2.98. The van der Waals surface area contributed by atoms with Gasteiger partial charge >= 0.3 is 5.97 Å². The number of benzene rings is 1. The van der Waals surface area contributed by atoms with Gasteiger partial charge in [0.15, 0.2) is 0 Å². The third-order valence-electron chi connectivity index (χ3n) is 3.44.